The molecule has 0 spiro atoms. The zero-order chi connectivity index (χ0) is 9.94. The summed E-state index contributed by atoms with van der Waals surface area (Å²) in [4.78, 5) is 10.8. The third kappa shape index (κ3) is 9.08. The van der Waals surface area contributed by atoms with Crippen molar-refractivity contribution in [1.29, 1.82) is 0 Å². The Morgan fingerprint density at radius 2 is 2.15 bits per heavy atom. The van der Waals surface area contributed by atoms with Gasteiger partial charge in [0, 0.05) is 12.7 Å². The fourth-order valence-corrected chi connectivity index (χ4v) is 0.732. The van der Waals surface area contributed by atoms with Crippen LogP contribution < -0.4 is 0 Å². The average molecular weight is 186 g/mol. The van der Waals surface area contributed by atoms with Gasteiger partial charge in [-0.1, -0.05) is 19.4 Å². The number of carbonyl (C=O) groups excluding carboxylic acids is 1. The van der Waals surface area contributed by atoms with Gasteiger partial charge in [-0.3, -0.25) is 0 Å². The van der Waals surface area contributed by atoms with Crippen LogP contribution in [0.1, 0.15) is 26.7 Å². The van der Waals surface area contributed by atoms with Gasteiger partial charge in [0.25, 0.3) is 0 Å². The van der Waals surface area contributed by atoms with Crippen LogP contribution in [0.15, 0.2) is 12.2 Å². The number of hydrogen-bond donors (Lipinski definition) is 0. The summed E-state index contributed by atoms with van der Waals surface area (Å²) in [6.07, 6.45) is 5.26. The van der Waals surface area contributed by atoms with Crippen molar-refractivity contribution in [2.75, 3.05) is 19.8 Å². The zero-order valence-corrected chi connectivity index (χ0v) is 8.41. The quantitative estimate of drug-likeness (QED) is 0.346. The van der Waals surface area contributed by atoms with E-state index in [2.05, 4.69) is 11.7 Å². The third-order valence-corrected chi connectivity index (χ3v) is 1.40. The molecule has 0 rings (SSSR count). The van der Waals surface area contributed by atoms with Crippen LogP contribution in [-0.4, -0.2) is 25.8 Å². The number of esters is 1. The van der Waals surface area contributed by atoms with E-state index in [9.17, 15) is 4.79 Å². The second kappa shape index (κ2) is 9.26. The lowest BCUT2D eigenvalue weighted by atomic mass is 10.4. The van der Waals surface area contributed by atoms with Crippen molar-refractivity contribution >= 4 is 5.97 Å². The minimum atomic E-state index is -0.304. The Kier molecular flexibility index (Phi) is 8.67. The van der Waals surface area contributed by atoms with Crippen molar-refractivity contribution in [2.24, 2.45) is 0 Å². The zero-order valence-electron chi connectivity index (χ0n) is 8.41. The molecule has 76 valence electrons. The van der Waals surface area contributed by atoms with E-state index < -0.39 is 0 Å². The molecule has 0 aromatic rings. The van der Waals surface area contributed by atoms with Crippen molar-refractivity contribution in [3.8, 4) is 0 Å². The summed E-state index contributed by atoms with van der Waals surface area (Å²) in [5.74, 6) is -0.304. The molecule has 0 bridgehead atoms. The van der Waals surface area contributed by atoms with E-state index in [1.807, 2.05) is 0 Å². The summed E-state index contributed by atoms with van der Waals surface area (Å²) >= 11 is 0. The number of rotatable bonds is 7. The predicted octanol–water partition coefficient (Wildman–Crippen LogP) is 1.92. The molecular formula is C10H18O3. The minimum absolute atomic E-state index is 0.304. The summed E-state index contributed by atoms with van der Waals surface area (Å²) in [5, 5.41) is 0. The number of hydrogen-bond acceptors (Lipinski definition) is 3. The molecular weight excluding hydrogens is 168 g/mol. The molecule has 13 heavy (non-hydrogen) atoms. The van der Waals surface area contributed by atoms with Crippen LogP contribution in [0.2, 0.25) is 0 Å². The van der Waals surface area contributed by atoms with Gasteiger partial charge in [0.2, 0.25) is 0 Å². The highest BCUT2D eigenvalue weighted by Crippen LogP contribution is 1.88. The molecule has 3 nitrogen and oxygen atoms in total. The highest BCUT2D eigenvalue weighted by atomic mass is 16.5. The van der Waals surface area contributed by atoms with Crippen molar-refractivity contribution in [3.63, 3.8) is 0 Å². The molecule has 0 aliphatic carbocycles. The molecule has 0 aromatic heterocycles. The lowest BCUT2D eigenvalue weighted by Gasteiger charge is -1.98. The van der Waals surface area contributed by atoms with Crippen molar-refractivity contribution in [1.82, 2.24) is 0 Å². The van der Waals surface area contributed by atoms with Gasteiger partial charge in [-0.2, -0.15) is 0 Å². The maximum absolute atomic E-state index is 10.8. The van der Waals surface area contributed by atoms with Crippen LogP contribution in [0.3, 0.4) is 0 Å². The third-order valence-electron chi connectivity index (χ3n) is 1.40. The Bertz CT molecular complexity index is 152. The maximum Gasteiger partial charge on any atom is 0.330 e. The SMILES string of the molecule is CCCCOC/C=C/C(=O)OCC. The molecule has 0 heterocycles. The number of ether oxygens (including phenoxy) is 2. The van der Waals surface area contributed by atoms with Crippen LogP contribution in [0.25, 0.3) is 0 Å². The second-order valence-corrected chi connectivity index (χ2v) is 2.58. The second-order valence-electron chi connectivity index (χ2n) is 2.58. The standard InChI is InChI=1S/C10H18O3/c1-3-5-8-12-9-6-7-10(11)13-4-2/h6-7H,3-5,8-9H2,1-2H3/b7-6+. The molecule has 0 aliphatic heterocycles. The van der Waals surface area contributed by atoms with E-state index in [-0.39, 0.29) is 5.97 Å². The van der Waals surface area contributed by atoms with Gasteiger partial charge in [0.05, 0.1) is 13.2 Å². The van der Waals surface area contributed by atoms with E-state index in [0.29, 0.717) is 13.2 Å². The van der Waals surface area contributed by atoms with Crippen LogP contribution in [0.5, 0.6) is 0 Å². The molecule has 0 atom stereocenters. The molecule has 3 heteroatoms. The van der Waals surface area contributed by atoms with Crippen molar-refractivity contribution < 1.29 is 14.3 Å². The van der Waals surface area contributed by atoms with Gasteiger partial charge >= 0.3 is 5.97 Å². The highest BCUT2D eigenvalue weighted by Gasteiger charge is 1.91. The van der Waals surface area contributed by atoms with Gasteiger partial charge in [-0.05, 0) is 13.3 Å². The topological polar surface area (TPSA) is 35.5 Å². The van der Waals surface area contributed by atoms with Crippen LogP contribution in [0.4, 0.5) is 0 Å². The van der Waals surface area contributed by atoms with E-state index in [0.717, 1.165) is 19.4 Å². The van der Waals surface area contributed by atoms with E-state index in [4.69, 9.17) is 4.74 Å². The van der Waals surface area contributed by atoms with Crippen LogP contribution >= 0.6 is 0 Å². The average Bonchev–Trinajstić information content (AvgIpc) is 2.11. The van der Waals surface area contributed by atoms with Gasteiger partial charge in [0.15, 0.2) is 0 Å². The minimum Gasteiger partial charge on any atom is -0.463 e. The van der Waals surface area contributed by atoms with E-state index in [1.54, 1.807) is 13.0 Å². The van der Waals surface area contributed by atoms with Gasteiger partial charge in [-0.15, -0.1) is 0 Å². The molecule has 0 aromatic carbocycles. The predicted molar refractivity (Wildman–Crippen MR) is 51.5 cm³/mol. The van der Waals surface area contributed by atoms with Crippen molar-refractivity contribution in [3.05, 3.63) is 12.2 Å². The first kappa shape index (κ1) is 12.2. The van der Waals surface area contributed by atoms with Crippen molar-refractivity contribution in [2.45, 2.75) is 26.7 Å². The van der Waals surface area contributed by atoms with Gasteiger partial charge in [0.1, 0.15) is 0 Å². The molecule has 0 saturated carbocycles. The lowest BCUT2D eigenvalue weighted by Crippen LogP contribution is -2.00. The fraction of sp³-hybridized carbons (Fsp3) is 0.700. The first-order chi connectivity index (χ1) is 6.31. The van der Waals surface area contributed by atoms with Gasteiger partial charge < -0.3 is 9.47 Å². The molecule has 0 saturated heterocycles. The maximum atomic E-state index is 10.8. The molecule has 0 N–H and O–H groups in total. The summed E-state index contributed by atoms with van der Waals surface area (Å²) in [6, 6.07) is 0. The Balaban J connectivity index is 3.25. The Labute approximate surface area is 79.7 Å². The Morgan fingerprint density at radius 1 is 1.38 bits per heavy atom. The Hall–Kier alpha value is -0.830. The Morgan fingerprint density at radius 3 is 2.77 bits per heavy atom. The smallest absolute Gasteiger partial charge is 0.330 e. The molecule has 0 aliphatic rings. The summed E-state index contributed by atoms with van der Waals surface area (Å²) in [5.41, 5.74) is 0. The molecule has 0 unspecified atom stereocenters. The monoisotopic (exact) mass is 186 g/mol. The normalized spacial score (nSPS) is 10.6. The highest BCUT2D eigenvalue weighted by molar-refractivity contribution is 5.81. The number of carbonyl (C=O) groups is 1. The molecule has 0 amide bonds. The van der Waals surface area contributed by atoms with Crippen LogP contribution in [-0.2, 0) is 14.3 Å². The molecule has 0 radical (unpaired) electrons. The number of unbranched alkanes of at least 4 members (excludes halogenated alkanes) is 1. The largest absolute Gasteiger partial charge is 0.463 e. The summed E-state index contributed by atoms with van der Waals surface area (Å²) < 4.78 is 9.90. The first-order valence-electron chi connectivity index (χ1n) is 4.72. The van der Waals surface area contributed by atoms with Crippen LogP contribution in [0, 0.1) is 0 Å². The van der Waals surface area contributed by atoms with Gasteiger partial charge in [-0.25, -0.2) is 4.79 Å². The summed E-state index contributed by atoms with van der Waals surface area (Å²) in [7, 11) is 0. The van der Waals surface area contributed by atoms with E-state index >= 15 is 0 Å². The van der Waals surface area contributed by atoms with E-state index in [1.165, 1.54) is 6.08 Å². The lowest BCUT2D eigenvalue weighted by molar-refractivity contribution is -0.137. The molecule has 0 fully saturated rings. The fourth-order valence-electron chi connectivity index (χ4n) is 0.732. The first-order valence-corrected chi connectivity index (χ1v) is 4.72. The summed E-state index contributed by atoms with van der Waals surface area (Å²) in [6.45, 7) is 5.55.